The van der Waals surface area contributed by atoms with Gasteiger partial charge < -0.3 is 14.6 Å². The van der Waals surface area contributed by atoms with Crippen molar-refractivity contribution >= 4 is 39.1 Å². The monoisotopic (exact) mass is 452 g/mol. The SMILES string of the molecule is O=C1CCC(c2ccc(OCCCOc3ccc(O)cc3Br)c(Cl)c2)=NN1. The fourth-order valence-corrected chi connectivity index (χ4v) is 3.23. The molecular formula is C19H18BrClN2O4. The summed E-state index contributed by atoms with van der Waals surface area (Å²) in [7, 11) is 0. The summed E-state index contributed by atoms with van der Waals surface area (Å²) in [6.07, 6.45) is 1.68. The van der Waals surface area contributed by atoms with Crippen LogP contribution in [0.4, 0.5) is 0 Å². The van der Waals surface area contributed by atoms with Gasteiger partial charge in [-0.3, -0.25) is 4.79 Å². The smallest absolute Gasteiger partial charge is 0.240 e. The third-order valence-electron chi connectivity index (χ3n) is 3.89. The van der Waals surface area contributed by atoms with E-state index in [1.165, 1.54) is 0 Å². The van der Waals surface area contributed by atoms with Crippen LogP contribution in [0, 0.1) is 0 Å². The van der Waals surface area contributed by atoms with Crippen molar-refractivity contribution in [1.82, 2.24) is 5.43 Å². The molecule has 2 aromatic rings. The number of hydrogen-bond acceptors (Lipinski definition) is 5. The van der Waals surface area contributed by atoms with Crippen molar-refractivity contribution in [1.29, 1.82) is 0 Å². The summed E-state index contributed by atoms with van der Waals surface area (Å²) in [5.74, 6) is 1.35. The molecule has 0 radical (unpaired) electrons. The van der Waals surface area contributed by atoms with E-state index in [0.717, 1.165) is 11.3 Å². The largest absolute Gasteiger partial charge is 0.508 e. The summed E-state index contributed by atoms with van der Waals surface area (Å²) >= 11 is 9.63. The van der Waals surface area contributed by atoms with E-state index < -0.39 is 0 Å². The second-order valence-electron chi connectivity index (χ2n) is 5.90. The highest BCUT2D eigenvalue weighted by Gasteiger charge is 2.14. The number of nitrogens with zero attached hydrogens (tertiary/aromatic N) is 1. The summed E-state index contributed by atoms with van der Waals surface area (Å²) in [5, 5.41) is 13.9. The van der Waals surface area contributed by atoms with Crippen molar-refractivity contribution < 1.29 is 19.4 Å². The standard InChI is InChI=1S/C19H18BrClN2O4/c20-14-11-13(24)3-6-17(14)26-8-1-9-27-18-5-2-12(10-15(18)21)16-4-7-19(25)23-22-16/h2-3,5-6,10-11,24H,1,4,7-9H2,(H,23,25). The molecule has 0 bridgehead atoms. The van der Waals surface area contributed by atoms with Crippen LogP contribution in [-0.2, 0) is 4.79 Å². The van der Waals surface area contributed by atoms with Gasteiger partial charge in [-0.1, -0.05) is 11.6 Å². The Morgan fingerprint density at radius 1 is 1.11 bits per heavy atom. The van der Waals surface area contributed by atoms with Gasteiger partial charge in [-0.05, 0) is 57.9 Å². The van der Waals surface area contributed by atoms with E-state index >= 15 is 0 Å². The van der Waals surface area contributed by atoms with Crippen molar-refractivity contribution in [3.63, 3.8) is 0 Å². The summed E-state index contributed by atoms with van der Waals surface area (Å²) in [6, 6.07) is 10.3. The molecule has 1 aliphatic rings. The number of phenolic OH excluding ortho intramolecular Hbond substituents is 1. The molecular weight excluding hydrogens is 436 g/mol. The summed E-state index contributed by atoms with van der Waals surface area (Å²) in [4.78, 5) is 11.2. The van der Waals surface area contributed by atoms with Crippen molar-refractivity contribution in [2.75, 3.05) is 13.2 Å². The molecule has 0 unspecified atom stereocenters. The molecule has 3 rings (SSSR count). The third-order valence-corrected chi connectivity index (χ3v) is 4.80. The molecule has 142 valence electrons. The molecule has 0 fully saturated rings. The lowest BCUT2D eigenvalue weighted by Gasteiger charge is -2.14. The van der Waals surface area contributed by atoms with Crippen LogP contribution in [0.15, 0.2) is 46.0 Å². The highest BCUT2D eigenvalue weighted by atomic mass is 79.9. The number of hydrogen-bond donors (Lipinski definition) is 2. The van der Waals surface area contributed by atoms with Crippen LogP contribution in [-0.4, -0.2) is 29.9 Å². The highest BCUT2D eigenvalue weighted by molar-refractivity contribution is 9.10. The van der Waals surface area contributed by atoms with Crippen LogP contribution in [0.2, 0.25) is 5.02 Å². The molecule has 0 aromatic heterocycles. The lowest BCUT2D eigenvalue weighted by molar-refractivity contribution is -0.121. The van der Waals surface area contributed by atoms with Crippen LogP contribution in [0.25, 0.3) is 0 Å². The predicted octanol–water partition coefficient (Wildman–Crippen LogP) is 4.27. The van der Waals surface area contributed by atoms with Gasteiger partial charge in [0.15, 0.2) is 0 Å². The Hall–Kier alpha value is -2.25. The first-order valence-electron chi connectivity index (χ1n) is 8.42. The summed E-state index contributed by atoms with van der Waals surface area (Å²) < 4.78 is 12.1. The van der Waals surface area contributed by atoms with E-state index in [2.05, 4.69) is 26.5 Å². The number of aromatic hydroxyl groups is 1. The average molecular weight is 454 g/mol. The molecule has 27 heavy (non-hydrogen) atoms. The van der Waals surface area contributed by atoms with E-state index in [9.17, 15) is 9.90 Å². The molecule has 0 saturated carbocycles. The number of nitrogens with one attached hydrogen (secondary N) is 1. The lowest BCUT2D eigenvalue weighted by atomic mass is 10.0. The number of benzene rings is 2. The van der Waals surface area contributed by atoms with E-state index in [4.69, 9.17) is 21.1 Å². The molecule has 0 spiro atoms. The fourth-order valence-electron chi connectivity index (χ4n) is 2.51. The van der Waals surface area contributed by atoms with Gasteiger partial charge in [0.25, 0.3) is 0 Å². The zero-order chi connectivity index (χ0) is 19.2. The predicted molar refractivity (Wildman–Crippen MR) is 107 cm³/mol. The van der Waals surface area contributed by atoms with Crippen LogP contribution < -0.4 is 14.9 Å². The zero-order valence-corrected chi connectivity index (χ0v) is 16.7. The Labute approximate surface area is 170 Å². The summed E-state index contributed by atoms with van der Waals surface area (Å²) in [5.41, 5.74) is 4.15. The number of amides is 1. The Morgan fingerprint density at radius 3 is 2.52 bits per heavy atom. The second-order valence-corrected chi connectivity index (χ2v) is 7.17. The highest BCUT2D eigenvalue weighted by Crippen LogP contribution is 2.29. The number of halogens is 2. The first kappa shape index (κ1) is 19.5. The maximum atomic E-state index is 11.2. The lowest BCUT2D eigenvalue weighted by Crippen LogP contribution is -2.25. The second kappa shape index (κ2) is 9.10. The number of carbonyl (C=O) groups is 1. The molecule has 1 heterocycles. The van der Waals surface area contributed by atoms with Crippen LogP contribution >= 0.6 is 27.5 Å². The third kappa shape index (κ3) is 5.37. The van der Waals surface area contributed by atoms with E-state index in [1.807, 2.05) is 6.07 Å². The van der Waals surface area contributed by atoms with Crippen molar-refractivity contribution in [3.8, 4) is 17.2 Å². The molecule has 1 amide bonds. The fraction of sp³-hybridized carbons (Fsp3) is 0.263. The minimum Gasteiger partial charge on any atom is -0.508 e. The Morgan fingerprint density at radius 2 is 1.85 bits per heavy atom. The molecule has 1 aliphatic heterocycles. The maximum Gasteiger partial charge on any atom is 0.240 e. The van der Waals surface area contributed by atoms with E-state index in [0.29, 0.717) is 53.5 Å². The maximum absolute atomic E-state index is 11.2. The number of hydrazone groups is 1. The number of ether oxygens (including phenoxy) is 2. The number of phenols is 1. The van der Waals surface area contributed by atoms with E-state index in [-0.39, 0.29) is 11.7 Å². The molecule has 2 N–H and O–H groups in total. The van der Waals surface area contributed by atoms with Gasteiger partial charge in [0.2, 0.25) is 5.91 Å². The van der Waals surface area contributed by atoms with E-state index in [1.54, 1.807) is 30.3 Å². The minimum absolute atomic E-state index is 0.0775. The minimum atomic E-state index is -0.0775. The van der Waals surface area contributed by atoms with Gasteiger partial charge in [0.1, 0.15) is 17.2 Å². The Bertz CT molecular complexity index is 873. The average Bonchev–Trinajstić information content (AvgIpc) is 2.65. The Balaban J connectivity index is 1.47. The van der Waals surface area contributed by atoms with Gasteiger partial charge in [-0.15, -0.1) is 0 Å². The van der Waals surface area contributed by atoms with Crippen molar-refractivity contribution in [2.24, 2.45) is 5.10 Å². The molecule has 0 aliphatic carbocycles. The van der Waals surface area contributed by atoms with Gasteiger partial charge in [0.05, 0.1) is 28.4 Å². The van der Waals surface area contributed by atoms with Crippen LogP contribution in [0.1, 0.15) is 24.8 Å². The quantitative estimate of drug-likeness (QED) is 0.614. The van der Waals surface area contributed by atoms with Crippen molar-refractivity contribution in [2.45, 2.75) is 19.3 Å². The molecule has 0 atom stereocenters. The first-order valence-corrected chi connectivity index (χ1v) is 9.59. The van der Waals surface area contributed by atoms with Gasteiger partial charge in [-0.25, -0.2) is 5.43 Å². The van der Waals surface area contributed by atoms with Crippen LogP contribution in [0.5, 0.6) is 17.2 Å². The van der Waals surface area contributed by atoms with Crippen molar-refractivity contribution in [3.05, 3.63) is 51.5 Å². The molecule has 0 saturated heterocycles. The first-order chi connectivity index (χ1) is 13.0. The number of carbonyl (C=O) groups excluding carboxylic acids is 1. The van der Waals surface area contributed by atoms with Gasteiger partial charge >= 0.3 is 0 Å². The Kier molecular flexibility index (Phi) is 6.58. The van der Waals surface area contributed by atoms with Gasteiger partial charge in [0, 0.05) is 19.3 Å². The normalized spacial score (nSPS) is 13.7. The molecule has 6 nitrogen and oxygen atoms in total. The van der Waals surface area contributed by atoms with Gasteiger partial charge in [-0.2, -0.15) is 5.10 Å². The zero-order valence-electron chi connectivity index (χ0n) is 14.4. The topological polar surface area (TPSA) is 80.2 Å². The molecule has 8 heteroatoms. The van der Waals surface area contributed by atoms with Crippen LogP contribution in [0.3, 0.4) is 0 Å². The molecule has 2 aromatic carbocycles. The number of rotatable bonds is 7. The summed E-state index contributed by atoms with van der Waals surface area (Å²) in [6.45, 7) is 0.918.